The van der Waals surface area contributed by atoms with Crippen LogP contribution in [0.2, 0.25) is 0 Å². The van der Waals surface area contributed by atoms with E-state index in [2.05, 4.69) is 21.2 Å². The summed E-state index contributed by atoms with van der Waals surface area (Å²) in [4.78, 5) is 12.4. The molecule has 0 saturated heterocycles. The van der Waals surface area contributed by atoms with Crippen molar-refractivity contribution in [3.05, 3.63) is 34.1 Å². The van der Waals surface area contributed by atoms with Gasteiger partial charge in [0.1, 0.15) is 11.4 Å². The number of benzene rings is 1. The number of nitrogens with zero attached hydrogens (tertiary/aromatic N) is 1. The average molecular weight is 493 g/mol. The van der Waals surface area contributed by atoms with E-state index >= 15 is 0 Å². The minimum atomic E-state index is -3.96. The minimum Gasteiger partial charge on any atom is -0.444 e. The summed E-state index contributed by atoms with van der Waals surface area (Å²) < 4.78 is 42.6. The van der Waals surface area contributed by atoms with Crippen LogP contribution in [0.1, 0.15) is 46.1 Å². The van der Waals surface area contributed by atoms with Gasteiger partial charge in [-0.15, -0.1) is 0 Å². The van der Waals surface area contributed by atoms with Crippen LogP contribution in [0.3, 0.4) is 0 Å². The fraction of sp³-hybridized carbons (Fsp3) is 0.579. The Morgan fingerprint density at radius 3 is 2.34 bits per heavy atom. The van der Waals surface area contributed by atoms with Gasteiger partial charge < -0.3 is 15.2 Å². The Hall–Kier alpha value is -1.70. The lowest BCUT2D eigenvalue weighted by Crippen LogP contribution is -2.49. The van der Waals surface area contributed by atoms with Crippen LogP contribution >= 0.6 is 15.9 Å². The predicted octanol–water partition coefficient (Wildman–Crippen LogP) is 3.41. The van der Waals surface area contributed by atoms with Crippen LogP contribution in [0.5, 0.6) is 0 Å². The van der Waals surface area contributed by atoms with Crippen LogP contribution < -0.4 is 5.32 Å². The van der Waals surface area contributed by atoms with E-state index in [4.69, 9.17) is 4.74 Å². The summed E-state index contributed by atoms with van der Waals surface area (Å²) in [7, 11) is -3.96. The van der Waals surface area contributed by atoms with Crippen molar-refractivity contribution in [2.45, 2.75) is 56.4 Å². The molecule has 0 aliphatic carbocycles. The Labute approximate surface area is 179 Å². The van der Waals surface area contributed by atoms with Gasteiger partial charge in [0.05, 0.1) is 18.2 Å². The van der Waals surface area contributed by atoms with Gasteiger partial charge in [-0.05, 0) is 58.7 Å². The Kier molecular flexibility index (Phi) is 7.84. The van der Waals surface area contributed by atoms with Gasteiger partial charge in [-0.25, -0.2) is 17.6 Å². The summed E-state index contributed by atoms with van der Waals surface area (Å²) in [5.74, 6) is -0.627. The molecule has 0 radical (unpaired) electrons. The largest absolute Gasteiger partial charge is 0.444 e. The maximum atomic E-state index is 14.6. The zero-order valence-corrected chi connectivity index (χ0v) is 19.4. The first-order valence-electron chi connectivity index (χ1n) is 8.77. The molecule has 10 heteroatoms. The standard InChI is InChI=1S/C19H26BrFN2O5S/c1-17(2,3)28-16(25)23-18(4,14-10-13(20)6-7-15(14)21)8-9-19(11-22,12-24)29(5,26)27/h6-7,10,24H,8-9,12H2,1-5H3,(H,23,25). The van der Waals surface area contributed by atoms with Gasteiger partial charge in [0.15, 0.2) is 14.6 Å². The molecule has 2 unspecified atom stereocenters. The molecule has 1 aromatic rings. The van der Waals surface area contributed by atoms with E-state index in [1.54, 1.807) is 26.8 Å². The van der Waals surface area contributed by atoms with Crippen molar-refractivity contribution in [1.29, 1.82) is 5.26 Å². The second kappa shape index (κ2) is 8.98. The minimum absolute atomic E-state index is 0.0796. The molecule has 1 amide bonds. The van der Waals surface area contributed by atoms with E-state index in [1.165, 1.54) is 25.1 Å². The lowest BCUT2D eigenvalue weighted by Gasteiger charge is -2.35. The quantitative estimate of drug-likeness (QED) is 0.602. The SMILES string of the molecule is CC(C)(C)OC(=O)NC(C)(CCC(C#N)(CO)S(C)(=O)=O)c1cc(Br)ccc1F. The molecule has 0 bridgehead atoms. The molecular formula is C19H26BrFN2O5S. The first-order valence-corrected chi connectivity index (χ1v) is 11.5. The highest BCUT2D eigenvalue weighted by atomic mass is 79.9. The highest BCUT2D eigenvalue weighted by molar-refractivity contribution is 9.10. The van der Waals surface area contributed by atoms with Crippen molar-refractivity contribution in [3.63, 3.8) is 0 Å². The molecule has 0 aliphatic rings. The van der Waals surface area contributed by atoms with Gasteiger partial charge in [0, 0.05) is 16.3 Å². The van der Waals surface area contributed by atoms with Crippen molar-refractivity contribution < 1.29 is 27.4 Å². The topological polar surface area (TPSA) is 116 Å². The molecule has 0 aliphatic heterocycles. The van der Waals surface area contributed by atoms with Crippen LogP contribution in [0.4, 0.5) is 9.18 Å². The van der Waals surface area contributed by atoms with Crippen LogP contribution in [-0.4, -0.2) is 42.8 Å². The number of alkyl carbamates (subject to hydrolysis) is 1. The summed E-state index contributed by atoms with van der Waals surface area (Å²) in [5.41, 5.74) is -2.15. The fourth-order valence-electron chi connectivity index (χ4n) is 2.72. The number of nitrogens with one attached hydrogen (secondary N) is 1. The second-order valence-corrected chi connectivity index (χ2v) is 11.4. The fourth-order valence-corrected chi connectivity index (χ4v) is 3.96. The first-order chi connectivity index (χ1) is 13.1. The molecule has 29 heavy (non-hydrogen) atoms. The van der Waals surface area contributed by atoms with E-state index in [-0.39, 0.29) is 18.4 Å². The van der Waals surface area contributed by atoms with Gasteiger partial charge in [0.25, 0.3) is 0 Å². The number of halogens is 2. The summed E-state index contributed by atoms with van der Waals surface area (Å²) in [6.07, 6.45) is -0.465. The molecule has 1 rings (SSSR count). The number of aliphatic hydroxyl groups is 1. The average Bonchev–Trinajstić information content (AvgIpc) is 2.55. The molecule has 0 fully saturated rings. The van der Waals surface area contributed by atoms with Gasteiger partial charge in [-0.2, -0.15) is 5.26 Å². The van der Waals surface area contributed by atoms with E-state index in [0.717, 1.165) is 6.26 Å². The third kappa shape index (κ3) is 6.39. The number of amides is 1. The molecular weight excluding hydrogens is 467 g/mol. The second-order valence-electron chi connectivity index (χ2n) is 8.12. The summed E-state index contributed by atoms with van der Waals surface area (Å²) in [5, 5.41) is 21.6. The van der Waals surface area contributed by atoms with Gasteiger partial charge in [-0.3, -0.25) is 0 Å². The van der Waals surface area contributed by atoms with Gasteiger partial charge in [0.2, 0.25) is 0 Å². The van der Waals surface area contributed by atoms with Crippen LogP contribution in [0.25, 0.3) is 0 Å². The number of rotatable bonds is 7. The van der Waals surface area contributed by atoms with E-state index < -0.39 is 44.2 Å². The first kappa shape index (κ1) is 25.3. The van der Waals surface area contributed by atoms with Crippen molar-refractivity contribution in [2.75, 3.05) is 12.9 Å². The Bertz CT molecular complexity index is 910. The highest BCUT2D eigenvalue weighted by Gasteiger charge is 2.44. The van der Waals surface area contributed by atoms with Gasteiger partial charge in [-0.1, -0.05) is 15.9 Å². The molecule has 0 heterocycles. The zero-order valence-electron chi connectivity index (χ0n) is 17.0. The summed E-state index contributed by atoms with van der Waals surface area (Å²) >= 11 is 3.25. The Morgan fingerprint density at radius 1 is 1.31 bits per heavy atom. The number of carbonyl (C=O) groups excluding carboxylic acids is 1. The van der Waals surface area contributed by atoms with Crippen molar-refractivity contribution in [3.8, 4) is 6.07 Å². The zero-order chi connectivity index (χ0) is 22.7. The third-order valence-corrected chi connectivity index (χ3v) is 6.83. The number of carbonyl (C=O) groups is 1. The number of ether oxygens (including phenoxy) is 1. The van der Waals surface area contributed by atoms with Crippen LogP contribution in [0, 0.1) is 17.1 Å². The molecule has 0 spiro atoms. The summed E-state index contributed by atoms with van der Waals surface area (Å²) in [6.45, 7) is 5.58. The molecule has 2 atom stereocenters. The van der Waals surface area contributed by atoms with Crippen LogP contribution in [-0.2, 0) is 20.1 Å². The van der Waals surface area contributed by atoms with E-state index in [0.29, 0.717) is 4.47 Å². The molecule has 0 saturated carbocycles. The maximum Gasteiger partial charge on any atom is 0.408 e. The van der Waals surface area contributed by atoms with Gasteiger partial charge >= 0.3 is 6.09 Å². The monoisotopic (exact) mass is 492 g/mol. The maximum absolute atomic E-state index is 14.6. The molecule has 1 aromatic carbocycles. The van der Waals surface area contributed by atoms with E-state index in [9.17, 15) is 28.0 Å². The molecule has 162 valence electrons. The number of hydrogen-bond donors (Lipinski definition) is 2. The summed E-state index contributed by atoms with van der Waals surface area (Å²) in [6, 6.07) is 5.81. The Morgan fingerprint density at radius 2 is 1.90 bits per heavy atom. The normalized spacial score (nSPS) is 16.2. The highest BCUT2D eigenvalue weighted by Crippen LogP contribution is 2.35. The van der Waals surface area contributed by atoms with Crippen molar-refractivity contribution in [2.24, 2.45) is 0 Å². The number of hydrogen-bond acceptors (Lipinski definition) is 6. The van der Waals surface area contributed by atoms with Crippen molar-refractivity contribution in [1.82, 2.24) is 5.32 Å². The number of nitriles is 1. The lowest BCUT2D eigenvalue weighted by atomic mass is 9.84. The number of sulfone groups is 1. The van der Waals surface area contributed by atoms with E-state index in [1.807, 2.05) is 0 Å². The van der Waals surface area contributed by atoms with Crippen LogP contribution in [0.15, 0.2) is 22.7 Å². The molecule has 7 nitrogen and oxygen atoms in total. The molecule has 0 aromatic heterocycles. The predicted molar refractivity (Wildman–Crippen MR) is 110 cm³/mol. The lowest BCUT2D eigenvalue weighted by molar-refractivity contribution is 0.0450. The smallest absolute Gasteiger partial charge is 0.408 e. The Balaban J connectivity index is 3.40. The third-order valence-electron chi connectivity index (χ3n) is 4.50. The molecule has 2 N–H and O–H groups in total. The van der Waals surface area contributed by atoms with Crippen molar-refractivity contribution >= 4 is 31.9 Å². The number of aliphatic hydroxyl groups excluding tert-OH is 1.